The molecule has 0 radical (unpaired) electrons. The maximum atomic E-state index is 13.5. The van der Waals surface area contributed by atoms with E-state index in [2.05, 4.69) is 0 Å². The Bertz CT molecular complexity index is 925. The first-order valence-corrected chi connectivity index (χ1v) is 11.5. The number of halogens is 3. The van der Waals surface area contributed by atoms with Crippen molar-refractivity contribution < 1.29 is 32.3 Å². The lowest BCUT2D eigenvalue weighted by Crippen LogP contribution is -2.44. The Hall–Kier alpha value is -2.42. The van der Waals surface area contributed by atoms with Gasteiger partial charge in [-0.3, -0.25) is 19.3 Å². The summed E-state index contributed by atoms with van der Waals surface area (Å²) in [7, 11) is 1.62. The molecule has 2 atom stereocenters. The summed E-state index contributed by atoms with van der Waals surface area (Å²) in [4.78, 5) is 42.1. The minimum atomic E-state index is -4.60. The first-order valence-electron chi connectivity index (χ1n) is 11.5. The number of hydrogen-bond donors (Lipinski definition) is 0. The van der Waals surface area contributed by atoms with Crippen molar-refractivity contribution in [3.63, 3.8) is 0 Å². The summed E-state index contributed by atoms with van der Waals surface area (Å²) in [5, 5.41) is 0. The zero-order chi connectivity index (χ0) is 23.8. The van der Waals surface area contributed by atoms with Gasteiger partial charge < -0.3 is 9.64 Å². The van der Waals surface area contributed by atoms with Gasteiger partial charge in [0.15, 0.2) is 0 Å². The van der Waals surface area contributed by atoms with Crippen molar-refractivity contribution in [1.82, 2.24) is 9.80 Å². The van der Waals surface area contributed by atoms with E-state index in [0.717, 1.165) is 31.4 Å². The zero-order valence-corrected chi connectivity index (χ0v) is 18.7. The monoisotopic (exact) mass is 466 g/mol. The summed E-state index contributed by atoms with van der Waals surface area (Å²) in [6.07, 6.45) is -0.103. The van der Waals surface area contributed by atoms with Crippen LogP contribution in [0.5, 0.6) is 0 Å². The summed E-state index contributed by atoms with van der Waals surface area (Å²) in [5.74, 6) is -1.36. The van der Waals surface area contributed by atoms with Crippen LogP contribution in [0.3, 0.4) is 0 Å². The highest BCUT2D eigenvalue weighted by molar-refractivity contribution is 6.11. The minimum absolute atomic E-state index is 0.0659. The predicted octanol–water partition coefficient (Wildman–Crippen LogP) is 3.67. The molecule has 3 amide bonds. The molecule has 2 saturated heterocycles. The second-order valence-corrected chi connectivity index (χ2v) is 9.41. The number of alkyl halides is 3. The van der Waals surface area contributed by atoms with Crippen LogP contribution < -0.4 is 0 Å². The second kappa shape index (κ2) is 9.08. The molecule has 2 heterocycles. The smallest absolute Gasteiger partial charge is 0.378 e. The molecule has 6 nitrogen and oxygen atoms in total. The maximum Gasteiger partial charge on any atom is 0.416 e. The molecule has 0 N–H and O–H groups in total. The fourth-order valence-electron chi connectivity index (χ4n) is 4.81. The van der Waals surface area contributed by atoms with Gasteiger partial charge in [-0.05, 0) is 50.2 Å². The van der Waals surface area contributed by atoms with Gasteiger partial charge in [0.2, 0.25) is 17.7 Å². The van der Waals surface area contributed by atoms with Crippen molar-refractivity contribution in [3.8, 4) is 0 Å². The molecule has 1 aromatic carbocycles. The Balaban J connectivity index is 1.58. The molecule has 2 aliphatic heterocycles. The molecule has 4 rings (SSSR count). The normalized spacial score (nSPS) is 26.1. The Morgan fingerprint density at radius 3 is 2.61 bits per heavy atom. The number of ether oxygens (including phenoxy) is 1. The van der Waals surface area contributed by atoms with Gasteiger partial charge in [0, 0.05) is 39.1 Å². The molecular formula is C24H29F3N2O4. The van der Waals surface area contributed by atoms with Crippen molar-refractivity contribution in [2.45, 2.75) is 75.1 Å². The SMILES string of the molecule is CN(CC[C@H]1CCCCO1)C(=O)C[C@@]1(c2cccc(C(F)(F)F)c2)CC(=O)N(C2CC2)C1=O. The number of nitrogens with zero attached hydrogens (tertiary/aromatic N) is 2. The number of likely N-dealkylation sites (tertiary alicyclic amines) is 1. The standard InChI is InChI=1S/C24H29F3N2O4/c1-28(11-10-19-7-2-3-12-33-19)20(30)14-23(15-21(31)29(22(23)32)18-8-9-18)16-5-4-6-17(13-16)24(25,26)27/h4-6,13,18-19H,2-3,7-12,14-15H2,1H3/t19-,23+/m1/s1. The fourth-order valence-corrected chi connectivity index (χ4v) is 4.81. The van der Waals surface area contributed by atoms with Crippen molar-refractivity contribution in [2.24, 2.45) is 0 Å². The van der Waals surface area contributed by atoms with E-state index >= 15 is 0 Å². The summed E-state index contributed by atoms with van der Waals surface area (Å²) >= 11 is 0. The van der Waals surface area contributed by atoms with E-state index < -0.39 is 29.0 Å². The molecule has 1 aromatic rings. The molecule has 33 heavy (non-hydrogen) atoms. The Morgan fingerprint density at radius 2 is 1.97 bits per heavy atom. The number of carbonyl (C=O) groups is 3. The van der Waals surface area contributed by atoms with Gasteiger partial charge in [0.05, 0.1) is 17.1 Å². The van der Waals surface area contributed by atoms with E-state index in [4.69, 9.17) is 4.74 Å². The quantitative estimate of drug-likeness (QED) is 0.575. The van der Waals surface area contributed by atoms with Crippen LogP contribution in [0, 0.1) is 0 Å². The first kappa shape index (κ1) is 23.7. The Morgan fingerprint density at radius 1 is 1.21 bits per heavy atom. The predicted molar refractivity (Wildman–Crippen MR) is 113 cm³/mol. The third-order valence-electron chi connectivity index (χ3n) is 6.94. The third-order valence-corrected chi connectivity index (χ3v) is 6.94. The van der Waals surface area contributed by atoms with Crippen molar-refractivity contribution in [2.75, 3.05) is 20.2 Å². The molecule has 180 valence electrons. The lowest BCUT2D eigenvalue weighted by molar-refractivity contribution is -0.143. The van der Waals surface area contributed by atoms with Crippen LogP contribution >= 0.6 is 0 Å². The molecular weight excluding hydrogens is 437 g/mol. The third kappa shape index (κ3) is 4.93. The number of benzene rings is 1. The molecule has 0 unspecified atom stereocenters. The average molecular weight is 467 g/mol. The van der Waals surface area contributed by atoms with Gasteiger partial charge in [-0.25, -0.2) is 0 Å². The zero-order valence-electron chi connectivity index (χ0n) is 18.7. The van der Waals surface area contributed by atoms with Gasteiger partial charge in [-0.1, -0.05) is 18.2 Å². The topological polar surface area (TPSA) is 66.9 Å². The molecule has 1 saturated carbocycles. The van der Waals surface area contributed by atoms with Crippen LogP contribution in [0.15, 0.2) is 24.3 Å². The number of imide groups is 1. The van der Waals surface area contributed by atoms with Crippen LogP contribution in [0.1, 0.15) is 62.5 Å². The van der Waals surface area contributed by atoms with Gasteiger partial charge in [0.1, 0.15) is 0 Å². The van der Waals surface area contributed by atoms with Crippen LogP contribution in [0.4, 0.5) is 13.2 Å². The highest BCUT2D eigenvalue weighted by Crippen LogP contribution is 2.45. The van der Waals surface area contributed by atoms with Gasteiger partial charge >= 0.3 is 6.18 Å². The molecule has 0 aromatic heterocycles. The largest absolute Gasteiger partial charge is 0.416 e. The number of rotatable bonds is 7. The summed E-state index contributed by atoms with van der Waals surface area (Å²) in [5.41, 5.74) is -2.45. The van der Waals surface area contributed by atoms with Gasteiger partial charge in [-0.15, -0.1) is 0 Å². The van der Waals surface area contributed by atoms with Crippen molar-refractivity contribution in [3.05, 3.63) is 35.4 Å². The van der Waals surface area contributed by atoms with Crippen molar-refractivity contribution >= 4 is 17.7 Å². The average Bonchev–Trinajstić information content (AvgIpc) is 3.58. The highest BCUT2D eigenvalue weighted by atomic mass is 19.4. The Labute approximate surface area is 191 Å². The van der Waals surface area contributed by atoms with Crippen molar-refractivity contribution in [1.29, 1.82) is 0 Å². The number of amides is 3. The highest BCUT2D eigenvalue weighted by Gasteiger charge is 2.57. The molecule has 0 spiro atoms. The summed E-state index contributed by atoms with van der Waals surface area (Å²) < 4.78 is 45.9. The number of carbonyl (C=O) groups excluding carboxylic acids is 3. The first-order chi connectivity index (χ1) is 15.6. The molecule has 1 aliphatic carbocycles. The fraction of sp³-hybridized carbons (Fsp3) is 0.625. The molecule has 9 heteroatoms. The van der Waals surface area contributed by atoms with E-state index in [1.807, 2.05) is 0 Å². The van der Waals surface area contributed by atoms with Crippen LogP contribution in [0.25, 0.3) is 0 Å². The van der Waals surface area contributed by atoms with E-state index in [1.54, 1.807) is 7.05 Å². The van der Waals surface area contributed by atoms with E-state index in [-0.39, 0.29) is 36.5 Å². The van der Waals surface area contributed by atoms with Crippen LogP contribution in [0.2, 0.25) is 0 Å². The van der Waals surface area contributed by atoms with Gasteiger partial charge in [0.25, 0.3) is 0 Å². The van der Waals surface area contributed by atoms with E-state index in [9.17, 15) is 27.6 Å². The Kier molecular flexibility index (Phi) is 6.53. The number of hydrogen-bond acceptors (Lipinski definition) is 4. The second-order valence-electron chi connectivity index (χ2n) is 9.41. The van der Waals surface area contributed by atoms with Gasteiger partial charge in [-0.2, -0.15) is 13.2 Å². The lowest BCUT2D eigenvalue weighted by Gasteiger charge is -2.30. The molecule has 3 aliphatic rings. The summed E-state index contributed by atoms with van der Waals surface area (Å²) in [6, 6.07) is 4.26. The lowest BCUT2D eigenvalue weighted by atomic mass is 9.75. The van der Waals surface area contributed by atoms with E-state index in [1.165, 1.54) is 21.9 Å². The van der Waals surface area contributed by atoms with Crippen LogP contribution in [-0.4, -0.2) is 59.9 Å². The van der Waals surface area contributed by atoms with Crippen LogP contribution in [-0.2, 0) is 30.7 Å². The summed E-state index contributed by atoms with van der Waals surface area (Å²) in [6.45, 7) is 1.12. The molecule has 3 fully saturated rings. The maximum absolute atomic E-state index is 13.5. The minimum Gasteiger partial charge on any atom is -0.378 e. The molecule has 0 bridgehead atoms. The van der Waals surface area contributed by atoms with E-state index in [0.29, 0.717) is 32.4 Å².